The van der Waals surface area contributed by atoms with E-state index in [1.165, 1.54) is 48.8 Å². The summed E-state index contributed by atoms with van der Waals surface area (Å²) in [5.74, 6) is -0.725. The van der Waals surface area contributed by atoms with Crippen molar-refractivity contribution in [3.8, 4) is 22.5 Å². The van der Waals surface area contributed by atoms with Crippen LogP contribution in [0.4, 0.5) is 36.8 Å². The number of nitrogen functional groups attached to an aromatic ring is 2. The molecular weight excluding hydrogens is 465 g/mol. The molecule has 32 heavy (non-hydrogen) atoms. The molecule has 0 bridgehead atoms. The van der Waals surface area contributed by atoms with Crippen LogP contribution < -0.4 is 22.1 Å². The zero-order valence-electron chi connectivity index (χ0n) is 16.1. The minimum atomic E-state index is -0.599. The number of H-pyrrole nitrogens is 2. The molecule has 0 saturated heterocycles. The Bertz CT molecular complexity index is 1150. The first-order chi connectivity index (χ1) is 14.4. The monoisotopic (exact) mass is 482 g/mol. The summed E-state index contributed by atoms with van der Waals surface area (Å²) in [7, 11) is 0. The molecule has 2 aromatic heterocycles. The second-order valence-electron chi connectivity index (χ2n) is 6.33. The number of carbonyl (C=O) groups is 1. The number of hydrogen-bond acceptors (Lipinski definition) is 5. The van der Waals surface area contributed by atoms with Crippen molar-refractivity contribution < 1.29 is 13.6 Å². The van der Waals surface area contributed by atoms with E-state index >= 15 is 0 Å². The average Bonchev–Trinajstić information content (AvgIpc) is 3.33. The van der Waals surface area contributed by atoms with Crippen LogP contribution in [0.3, 0.4) is 0 Å². The number of amides is 2. The third kappa shape index (κ3) is 5.25. The van der Waals surface area contributed by atoms with Crippen molar-refractivity contribution in [1.29, 1.82) is 0 Å². The molecule has 13 heteroatoms. The van der Waals surface area contributed by atoms with Crippen molar-refractivity contribution >= 4 is 54.1 Å². The number of nitrogens with two attached hydrogens (primary N) is 2. The van der Waals surface area contributed by atoms with Crippen molar-refractivity contribution in [3.63, 3.8) is 0 Å². The molecule has 4 rings (SSSR count). The van der Waals surface area contributed by atoms with Crippen molar-refractivity contribution in [1.82, 2.24) is 19.9 Å². The highest BCUT2D eigenvalue weighted by Crippen LogP contribution is 2.27. The highest BCUT2D eigenvalue weighted by atomic mass is 35.5. The molecule has 0 atom stereocenters. The molecule has 0 aliphatic heterocycles. The van der Waals surface area contributed by atoms with Gasteiger partial charge in [-0.15, -0.1) is 24.8 Å². The van der Waals surface area contributed by atoms with Crippen molar-refractivity contribution in [3.05, 3.63) is 60.4 Å². The zero-order chi connectivity index (χ0) is 21.3. The van der Waals surface area contributed by atoms with Crippen LogP contribution in [-0.2, 0) is 0 Å². The maximum absolute atomic E-state index is 14.1. The maximum atomic E-state index is 14.1. The minimum absolute atomic E-state index is 0. The van der Waals surface area contributed by atoms with Crippen LogP contribution in [0.5, 0.6) is 0 Å². The van der Waals surface area contributed by atoms with Crippen LogP contribution in [0.15, 0.2) is 48.8 Å². The zero-order valence-corrected chi connectivity index (χ0v) is 17.8. The molecule has 0 radical (unpaired) electrons. The number of aromatic amines is 2. The van der Waals surface area contributed by atoms with E-state index in [0.717, 1.165) is 0 Å². The Labute approximate surface area is 192 Å². The summed E-state index contributed by atoms with van der Waals surface area (Å²) in [6.07, 6.45) is 2.78. The predicted octanol–water partition coefficient (Wildman–Crippen LogP) is 4.40. The lowest BCUT2D eigenvalue weighted by atomic mass is 10.1. The summed E-state index contributed by atoms with van der Waals surface area (Å²) in [6, 6.07) is 7.50. The van der Waals surface area contributed by atoms with E-state index in [9.17, 15) is 13.6 Å². The van der Waals surface area contributed by atoms with E-state index < -0.39 is 17.7 Å². The Hall–Kier alpha value is -3.83. The lowest BCUT2D eigenvalue weighted by molar-refractivity contribution is 0.262. The summed E-state index contributed by atoms with van der Waals surface area (Å²) in [6.45, 7) is 0. The van der Waals surface area contributed by atoms with Crippen LogP contribution >= 0.6 is 24.8 Å². The van der Waals surface area contributed by atoms with Crippen LogP contribution in [0.25, 0.3) is 22.5 Å². The van der Waals surface area contributed by atoms with Crippen LogP contribution in [0, 0.1) is 11.6 Å². The van der Waals surface area contributed by atoms with Gasteiger partial charge < -0.3 is 32.1 Å². The van der Waals surface area contributed by atoms with Gasteiger partial charge in [0.2, 0.25) is 0 Å². The number of urea groups is 1. The lowest BCUT2D eigenvalue weighted by Crippen LogP contribution is -2.19. The van der Waals surface area contributed by atoms with Gasteiger partial charge in [0, 0.05) is 22.5 Å². The van der Waals surface area contributed by atoms with Gasteiger partial charge in [0.1, 0.15) is 11.6 Å². The van der Waals surface area contributed by atoms with Crippen LogP contribution in [-0.4, -0.2) is 26.0 Å². The van der Waals surface area contributed by atoms with Gasteiger partial charge in [-0.1, -0.05) is 0 Å². The number of benzene rings is 2. The first-order valence-electron chi connectivity index (χ1n) is 8.68. The molecule has 0 saturated carbocycles. The topological polar surface area (TPSA) is 151 Å². The standard InChI is InChI=1S/C19H16F2N8O.2ClH/c20-13-3-1-9(5-11(13)15-7-24-17(22)28-15)26-19(30)27-10-2-4-14(21)12(6-10)16-8-25-18(23)29-16;;/h1-8H,(H3,22,24,28)(H3,23,25,29)(H2,26,27,30);2*1H. The van der Waals surface area contributed by atoms with E-state index in [4.69, 9.17) is 11.5 Å². The number of imidazole rings is 2. The number of rotatable bonds is 4. The Kier molecular flexibility index (Phi) is 7.63. The molecule has 0 unspecified atom stereocenters. The molecule has 9 nitrogen and oxygen atoms in total. The molecule has 4 aromatic rings. The van der Waals surface area contributed by atoms with E-state index in [1.54, 1.807) is 0 Å². The fourth-order valence-electron chi connectivity index (χ4n) is 2.86. The van der Waals surface area contributed by atoms with E-state index in [0.29, 0.717) is 22.8 Å². The van der Waals surface area contributed by atoms with Gasteiger partial charge in [-0.2, -0.15) is 0 Å². The number of anilines is 4. The molecule has 2 amide bonds. The van der Waals surface area contributed by atoms with Gasteiger partial charge in [0.15, 0.2) is 11.9 Å². The van der Waals surface area contributed by atoms with Gasteiger partial charge in [-0.25, -0.2) is 23.5 Å². The number of aromatic nitrogens is 4. The SMILES string of the molecule is Cl.Cl.Nc1ncc(-c2cc(NC(=O)Nc3ccc(F)c(-c4cnc(N)[nH]4)c3)ccc2F)[nH]1. The van der Waals surface area contributed by atoms with Gasteiger partial charge in [0.05, 0.1) is 23.8 Å². The van der Waals surface area contributed by atoms with Crippen molar-refractivity contribution in [2.24, 2.45) is 0 Å². The summed E-state index contributed by atoms with van der Waals surface area (Å²) >= 11 is 0. The lowest BCUT2D eigenvalue weighted by Gasteiger charge is -2.10. The quantitative estimate of drug-likeness (QED) is 0.254. The maximum Gasteiger partial charge on any atom is 0.323 e. The second kappa shape index (κ2) is 9.98. The molecule has 2 aromatic carbocycles. The van der Waals surface area contributed by atoms with Crippen LogP contribution in [0.2, 0.25) is 0 Å². The summed E-state index contributed by atoms with van der Waals surface area (Å²) in [4.78, 5) is 25.5. The normalized spacial score (nSPS) is 10.1. The molecule has 0 fully saturated rings. The average molecular weight is 483 g/mol. The highest BCUT2D eigenvalue weighted by molar-refractivity contribution is 6.00. The van der Waals surface area contributed by atoms with E-state index in [-0.39, 0.29) is 47.8 Å². The minimum Gasteiger partial charge on any atom is -0.369 e. The molecule has 168 valence electrons. The molecule has 0 aliphatic rings. The molecule has 0 spiro atoms. The number of halogens is 4. The highest BCUT2D eigenvalue weighted by Gasteiger charge is 2.13. The Morgan fingerprint density at radius 1 is 0.781 bits per heavy atom. The smallest absolute Gasteiger partial charge is 0.323 e. The molecule has 0 aliphatic carbocycles. The summed E-state index contributed by atoms with van der Waals surface area (Å²) in [5, 5.41) is 5.19. The molecule has 2 heterocycles. The fraction of sp³-hybridized carbons (Fsp3) is 0. The number of carbonyl (C=O) groups excluding carboxylic acids is 1. The second-order valence-corrected chi connectivity index (χ2v) is 6.33. The predicted molar refractivity (Wildman–Crippen MR) is 124 cm³/mol. The summed E-state index contributed by atoms with van der Waals surface area (Å²) in [5.41, 5.74) is 12.9. The largest absolute Gasteiger partial charge is 0.369 e. The van der Waals surface area contributed by atoms with E-state index in [1.807, 2.05) is 0 Å². The molecular formula is C19H18Cl2F2N8O. The third-order valence-corrected chi connectivity index (χ3v) is 4.22. The van der Waals surface area contributed by atoms with E-state index in [2.05, 4.69) is 30.6 Å². The first kappa shape index (κ1) is 24.4. The number of hydrogen-bond donors (Lipinski definition) is 6. The Morgan fingerprint density at radius 2 is 1.19 bits per heavy atom. The van der Waals surface area contributed by atoms with Crippen molar-refractivity contribution in [2.45, 2.75) is 0 Å². The first-order valence-corrected chi connectivity index (χ1v) is 8.68. The van der Waals surface area contributed by atoms with Crippen LogP contribution in [0.1, 0.15) is 0 Å². The Balaban J connectivity index is 0.00000181. The number of nitrogens with zero attached hydrogens (tertiary/aromatic N) is 2. The Morgan fingerprint density at radius 3 is 1.53 bits per heavy atom. The summed E-state index contributed by atoms with van der Waals surface area (Å²) < 4.78 is 28.2. The van der Waals surface area contributed by atoms with Gasteiger partial charge >= 0.3 is 6.03 Å². The van der Waals surface area contributed by atoms with Gasteiger partial charge in [-0.05, 0) is 36.4 Å². The van der Waals surface area contributed by atoms with Gasteiger partial charge in [-0.3, -0.25) is 0 Å². The third-order valence-electron chi connectivity index (χ3n) is 4.22. The molecule has 8 N–H and O–H groups in total. The van der Waals surface area contributed by atoms with Crippen molar-refractivity contribution in [2.75, 3.05) is 22.1 Å². The van der Waals surface area contributed by atoms with Gasteiger partial charge in [0.25, 0.3) is 0 Å². The fourth-order valence-corrected chi connectivity index (χ4v) is 2.86. The number of nitrogens with one attached hydrogen (secondary N) is 4.